The van der Waals surface area contributed by atoms with Crippen molar-refractivity contribution in [2.45, 2.75) is 32.4 Å². The molecule has 0 saturated heterocycles. The van der Waals surface area contributed by atoms with E-state index in [4.69, 9.17) is 15.0 Å². The fourth-order valence-corrected chi connectivity index (χ4v) is 2.16. The van der Waals surface area contributed by atoms with Crippen molar-refractivity contribution < 1.29 is 13.9 Å². The van der Waals surface area contributed by atoms with Gasteiger partial charge in [-0.1, -0.05) is 0 Å². The van der Waals surface area contributed by atoms with Crippen LogP contribution in [0, 0.1) is 6.92 Å². The molecule has 1 saturated carbocycles. The van der Waals surface area contributed by atoms with Crippen LogP contribution in [0.5, 0.6) is 0 Å². The van der Waals surface area contributed by atoms with Gasteiger partial charge >= 0.3 is 5.91 Å². The molecule has 0 spiro atoms. The highest BCUT2D eigenvalue weighted by molar-refractivity contribution is 5.92. The van der Waals surface area contributed by atoms with Gasteiger partial charge in [-0.25, -0.2) is 5.84 Å². The zero-order valence-electron chi connectivity index (χ0n) is 11.4. The van der Waals surface area contributed by atoms with E-state index in [0.717, 1.165) is 17.9 Å². The minimum atomic E-state index is -0.390. The molecule has 0 aliphatic heterocycles. The van der Waals surface area contributed by atoms with Gasteiger partial charge in [-0.15, -0.1) is 0 Å². The van der Waals surface area contributed by atoms with Gasteiger partial charge in [0.05, 0.1) is 13.2 Å². The number of hydrazine groups is 1. The van der Waals surface area contributed by atoms with Crippen LogP contribution in [-0.2, 0) is 11.3 Å². The number of ether oxygens (including phenoxy) is 1. The van der Waals surface area contributed by atoms with E-state index in [1.807, 2.05) is 13.0 Å². The number of nitrogens with zero attached hydrogens (tertiary/aromatic N) is 1. The Labute approximate surface area is 112 Å². The maximum Gasteiger partial charge on any atom is 0.301 e. The molecule has 3 N–H and O–H groups in total. The highest BCUT2D eigenvalue weighted by Gasteiger charge is 2.29. The molecule has 1 aromatic rings. The molecule has 0 unspecified atom stereocenters. The topological polar surface area (TPSA) is 80.7 Å². The highest BCUT2D eigenvalue weighted by Crippen LogP contribution is 2.28. The van der Waals surface area contributed by atoms with E-state index in [9.17, 15) is 4.79 Å². The van der Waals surface area contributed by atoms with Crippen LogP contribution in [0.25, 0.3) is 0 Å². The third kappa shape index (κ3) is 3.56. The molecule has 1 heterocycles. The predicted octanol–water partition coefficient (Wildman–Crippen LogP) is 0.802. The van der Waals surface area contributed by atoms with Crippen molar-refractivity contribution in [1.29, 1.82) is 0 Å². The first kappa shape index (κ1) is 14.0. The van der Waals surface area contributed by atoms with Gasteiger partial charge in [-0.05, 0) is 25.8 Å². The van der Waals surface area contributed by atoms with Crippen molar-refractivity contribution in [2.75, 3.05) is 20.3 Å². The van der Waals surface area contributed by atoms with Crippen LogP contribution in [0.2, 0.25) is 0 Å². The first-order chi connectivity index (χ1) is 9.15. The smallest absolute Gasteiger partial charge is 0.301 e. The Kier molecular flexibility index (Phi) is 4.57. The van der Waals surface area contributed by atoms with Gasteiger partial charge in [0.15, 0.2) is 5.76 Å². The van der Waals surface area contributed by atoms with Crippen molar-refractivity contribution in [3.05, 3.63) is 23.2 Å². The Hall–Kier alpha value is -1.37. The third-order valence-corrected chi connectivity index (χ3v) is 3.31. The summed E-state index contributed by atoms with van der Waals surface area (Å²) in [4.78, 5) is 13.8. The molecule has 0 atom stereocenters. The number of amides is 1. The summed E-state index contributed by atoms with van der Waals surface area (Å²) >= 11 is 0. The number of aryl methyl sites for hydroxylation is 1. The Morgan fingerprint density at radius 2 is 2.37 bits per heavy atom. The Bertz CT molecular complexity index is 440. The zero-order chi connectivity index (χ0) is 13.8. The summed E-state index contributed by atoms with van der Waals surface area (Å²) in [6.07, 6.45) is 2.44. The molecule has 0 radical (unpaired) electrons. The van der Waals surface area contributed by atoms with E-state index in [1.54, 1.807) is 7.11 Å². The average molecular weight is 267 g/mol. The standard InChI is InChI=1S/C13H21N3O3/c1-9-7-11(19-12(9)13(17)15-14)8-16(5-6-18-2)10-3-4-10/h7,10H,3-6,8,14H2,1-2H3,(H,15,17). The minimum Gasteiger partial charge on any atom is -0.454 e. The lowest BCUT2D eigenvalue weighted by atomic mass is 10.2. The first-order valence-electron chi connectivity index (χ1n) is 6.49. The zero-order valence-corrected chi connectivity index (χ0v) is 11.4. The first-order valence-corrected chi connectivity index (χ1v) is 6.49. The Morgan fingerprint density at radius 1 is 1.63 bits per heavy atom. The van der Waals surface area contributed by atoms with Crippen molar-refractivity contribution in [1.82, 2.24) is 10.3 Å². The lowest BCUT2D eigenvalue weighted by molar-refractivity contribution is 0.0918. The number of nitrogen functional groups attached to an aromatic ring is 1. The fourth-order valence-electron chi connectivity index (χ4n) is 2.16. The van der Waals surface area contributed by atoms with Gasteiger partial charge in [-0.3, -0.25) is 15.1 Å². The summed E-state index contributed by atoms with van der Waals surface area (Å²) in [6.45, 7) is 4.12. The van der Waals surface area contributed by atoms with Crippen LogP contribution < -0.4 is 11.3 Å². The quantitative estimate of drug-likeness (QED) is 0.434. The lowest BCUT2D eigenvalue weighted by Gasteiger charge is -2.19. The molecule has 106 valence electrons. The van der Waals surface area contributed by atoms with Crippen LogP contribution in [-0.4, -0.2) is 37.1 Å². The molecule has 0 bridgehead atoms. The van der Waals surface area contributed by atoms with Gasteiger partial charge in [-0.2, -0.15) is 0 Å². The molecule has 1 fully saturated rings. The molecular formula is C13H21N3O3. The second-order valence-corrected chi connectivity index (χ2v) is 4.89. The predicted molar refractivity (Wildman–Crippen MR) is 70.4 cm³/mol. The molecule has 6 heteroatoms. The van der Waals surface area contributed by atoms with Crippen LogP contribution in [0.1, 0.15) is 34.7 Å². The largest absolute Gasteiger partial charge is 0.454 e. The SMILES string of the molecule is COCCN(Cc1cc(C)c(C(=O)NN)o1)C1CC1. The monoisotopic (exact) mass is 267 g/mol. The number of hydrogen-bond donors (Lipinski definition) is 2. The molecule has 1 amide bonds. The van der Waals surface area contributed by atoms with Crippen LogP contribution in [0.15, 0.2) is 10.5 Å². The number of nitrogens with two attached hydrogens (primary N) is 1. The van der Waals surface area contributed by atoms with Gasteiger partial charge in [0.1, 0.15) is 5.76 Å². The number of nitrogens with one attached hydrogen (secondary N) is 1. The number of methoxy groups -OCH3 is 1. The number of hydrogen-bond acceptors (Lipinski definition) is 5. The van der Waals surface area contributed by atoms with Crippen LogP contribution in [0.4, 0.5) is 0 Å². The van der Waals surface area contributed by atoms with Crippen molar-refractivity contribution >= 4 is 5.91 Å². The van der Waals surface area contributed by atoms with Gasteiger partial charge in [0.2, 0.25) is 0 Å². The summed E-state index contributed by atoms with van der Waals surface area (Å²) in [5.74, 6) is 5.81. The number of carbonyl (C=O) groups excluding carboxylic acids is 1. The van der Waals surface area contributed by atoms with E-state index in [1.165, 1.54) is 12.8 Å². The summed E-state index contributed by atoms with van der Waals surface area (Å²) in [5.41, 5.74) is 2.90. The van der Waals surface area contributed by atoms with E-state index in [0.29, 0.717) is 25.0 Å². The van der Waals surface area contributed by atoms with Gasteiger partial charge in [0.25, 0.3) is 0 Å². The summed E-state index contributed by atoms with van der Waals surface area (Å²) < 4.78 is 10.7. The van der Waals surface area contributed by atoms with Crippen molar-refractivity contribution in [3.8, 4) is 0 Å². The Morgan fingerprint density at radius 3 is 2.95 bits per heavy atom. The number of rotatable bonds is 7. The average Bonchev–Trinajstić information content (AvgIpc) is 3.18. The molecule has 6 nitrogen and oxygen atoms in total. The van der Waals surface area contributed by atoms with E-state index in [2.05, 4.69) is 10.3 Å². The van der Waals surface area contributed by atoms with E-state index >= 15 is 0 Å². The maximum atomic E-state index is 11.5. The van der Waals surface area contributed by atoms with Crippen molar-refractivity contribution in [3.63, 3.8) is 0 Å². The molecule has 2 rings (SSSR count). The molecular weight excluding hydrogens is 246 g/mol. The molecule has 1 aromatic heterocycles. The minimum absolute atomic E-state index is 0.292. The summed E-state index contributed by atoms with van der Waals surface area (Å²) in [5, 5.41) is 0. The molecule has 19 heavy (non-hydrogen) atoms. The van der Waals surface area contributed by atoms with E-state index in [-0.39, 0.29) is 0 Å². The third-order valence-electron chi connectivity index (χ3n) is 3.31. The fraction of sp³-hybridized carbons (Fsp3) is 0.615. The molecule has 1 aliphatic carbocycles. The maximum absolute atomic E-state index is 11.5. The number of furan rings is 1. The van der Waals surface area contributed by atoms with Crippen LogP contribution >= 0.6 is 0 Å². The molecule has 1 aliphatic rings. The van der Waals surface area contributed by atoms with Gasteiger partial charge in [0, 0.05) is 25.3 Å². The van der Waals surface area contributed by atoms with Crippen LogP contribution in [0.3, 0.4) is 0 Å². The number of carbonyl (C=O) groups is 1. The summed E-state index contributed by atoms with van der Waals surface area (Å²) in [6, 6.07) is 2.51. The second-order valence-electron chi connectivity index (χ2n) is 4.89. The Balaban J connectivity index is 2.02. The van der Waals surface area contributed by atoms with E-state index < -0.39 is 5.91 Å². The van der Waals surface area contributed by atoms with Gasteiger partial charge < -0.3 is 9.15 Å². The van der Waals surface area contributed by atoms with Crippen molar-refractivity contribution in [2.24, 2.45) is 5.84 Å². The normalized spacial score (nSPS) is 14.9. The molecule has 0 aromatic carbocycles. The second kappa shape index (κ2) is 6.18. The lowest BCUT2D eigenvalue weighted by Crippen LogP contribution is -2.30. The summed E-state index contributed by atoms with van der Waals surface area (Å²) in [7, 11) is 1.70. The highest BCUT2D eigenvalue weighted by atomic mass is 16.5.